The van der Waals surface area contributed by atoms with Crippen molar-refractivity contribution in [2.24, 2.45) is 5.92 Å². The lowest BCUT2D eigenvalue weighted by Gasteiger charge is -2.13. The molecule has 11 heteroatoms. The Kier molecular flexibility index (Phi) is 4.26. The van der Waals surface area contributed by atoms with Gasteiger partial charge >= 0.3 is 0 Å². The van der Waals surface area contributed by atoms with Crippen molar-refractivity contribution >= 4 is 23.2 Å². The highest BCUT2D eigenvalue weighted by atomic mass is 16.5. The van der Waals surface area contributed by atoms with Gasteiger partial charge in [0.25, 0.3) is 0 Å². The first-order valence-corrected chi connectivity index (χ1v) is 11.6. The lowest BCUT2D eigenvalue weighted by atomic mass is 10.0. The highest BCUT2D eigenvalue weighted by Crippen LogP contribution is 2.59. The number of nitrogens with one attached hydrogen (secondary N) is 1. The summed E-state index contributed by atoms with van der Waals surface area (Å²) in [4.78, 5) is 28.3. The molecule has 1 saturated carbocycles. The molecule has 1 aliphatic carbocycles. The smallest absolute Gasteiger partial charge is 0.236 e. The maximum Gasteiger partial charge on any atom is 0.236 e. The number of anilines is 2. The van der Waals surface area contributed by atoms with E-state index in [9.17, 15) is 4.79 Å². The van der Waals surface area contributed by atoms with Gasteiger partial charge in [0.15, 0.2) is 11.4 Å². The summed E-state index contributed by atoms with van der Waals surface area (Å²) in [5, 5.41) is 15.7. The lowest BCUT2D eigenvalue weighted by Crippen LogP contribution is -2.29. The van der Waals surface area contributed by atoms with Gasteiger partial charge < -0.3 is 14.7 Å². The molecule has 1 aliphatic heterocycles. The largest absolute Gasteiger partial charge is 0.360 e. The fourth-order valence-corrected chi connectivity index (χ4v) is 5.11. The normalized spacial score (nSPS) is 20.7. The molecule has 0 spiro atoms. The number of hydrogen-bond donors (Lipinski definition) is 1. The topological polar surface area (TPSA) is 127 Å². The molecule has 1 amide bonds. The zero-order valence-corrected chi connectivity index (χ0v) is 19.6. The van der Waals surface area contributed by atoms with E-state index in [1.54, 1.807) is 23.5 Å². The number of fused-ring (bicyclic) bond motifs is 2. The van der Waals surface area contributed by atoms with Gasteiger partial charge in [-0.1, -0.05) is 11.2 Å². The average molecular weight is 480 g/mol. The first kappa shape index (κ1) is 20.7. The Hall–Kier alpha value is -4.67. The molecule has 178 valence electrons. The number of rotatable bonds is 5. The number of likely N-dealkylation sites (tertiary alicyclic amines) is 1. The van der Waals surface area contributed by atoms with Gasteiger partial charge in [0.05, 0.1) is 22.8 Å². The van der Waals surface area contributed by atoms with E-state index in [0.29, 0.717) is 46.0 Å². The van der Waals surface area contributed by atoms with Crippen LogP contribution in [-0.4, -0.2) is 59.1 Å². The standard InChI is InChI=1S/C25H21N9O2/c1-14-7-9-34-13-27-31-22(34)21(14)30-24-26-8-6-18(29-24)16-4-3-5-17(28-16)19-10-20(36-32-19)25-11-15(25)12-33(2)23(25)35/h3-10,13,15H,11-12H2,1-2H3,(H,26,29,30)/t15?,25-/m0/s1. The van der Waals surface area contributed by atoms with Crippen LogP contribution in [0.25, 0.3) is 28.4 Å². The molecule has 0 bridgehead atoms. The van der Waals surface area contributed by atoms with Crippen LogP contribution in [0.1, 0.15) is 17.7 Å². The summed E-state index contributed by atoms with van der Waals surface area (Å²) in [7, 11) is 1.83. The Morgan fingerprint density at radius 3 is 2.78 bits per heavy atom. The average Bonchev–Trinajstić information content (AvgIpc) is 3.25. The minimum atomic E-state index is -0.545. The molecular formula is C25H21N9O2. The van der Waals surface area contributed by atoms with Crippen LogP contribution in [0.5, 0.6) is 0 Å². The number of piperidine rings is 1. The Labute approximate surface area is 205 Å². The molecule has 2 fully saturated rings. The third-order valence-corrected chi connectivity index (χ3v) is 7.12. The van der Waals surface area contributed by atoms with Crippen LogP contribution in [0.3, 0.4) is 0 Å². The van der Waals surface area contributed by atoms with Crippen molar-refractivity contribution in [1.29, 1.82) is 0 Å². The number of nitrogens with zero attached hydrogens (tertiary/aromatic N) is 8. The number of hydrogen-bond acceptors (Lipinski definition) is 9. The fourth-order valence-electron chi connectivity index (χ4n) is 5.11. The summed E-state index contributed by atoms with van der Waals surface area (Å²) >= 11 is 0. The minimum absolute atomic E-state index is 0.106. The Morgan fingerprint density at radius 2 is 1.94 bits per heavy atom. The number of carbonyl (C=O) groups excluding carboxylic acids is 1. The zero-order chi connectivity index (χ0) is 24.4. The Morgan fingerprint density at radius 1 is 1.11 bits per heavy atom. The van der Waals surface area contributed by atoms with E-state index in [-0.39, 0.29) is 5.91 Å². The Balaban J connectivity index is 1.19. The number of carbonyl (C=O) groups is 1. The van der Waals surface area contributed by atoms with Crippen LogP contribution < -0.4 is 5.32 Å². The van der Waals surface area contributed by atoms with Crippen LogP contribution in [0.15, 0.2) is 59.6 Å². The molecule has 0 radical (unpaired) electrons. The number of pyridine rings is 2. The molecule has 5 aromatic rings. The van der Waals surface area contributed by atoms with Gasteiger partial charge in [-0.2, -0.15) is 0 Å². The monoisotopic (exact) mass is 479 g/mol. The van der Waals surface area contributed by atoms with Crippen molar-refractivity contribution in [2.45, 2.75) is 18.8 Å². The van der Waals surface area contributed by atoms with Crippen molar-refractivity contribution < 1.29 is 9.32 Å². The van der Waals surface area contributed by atoms with Gasteiger partial charge in [-0.3, -0.25) is 9.20 Å². The molecule has 7 rings (SSSR count). The lowest BCUT2D eigenvalue weighted by molar-refractivity contribution is -0.130. The molecule has 2 aliphatic rings. The highest BCUT2D eigenvalue weighted by Gasteiger charge is 2.69. The highest BCUT2D eigenvalue weighted by molar-refractivity contribution is 5.94. The van der Waals surface area contributed by atoms with Crippen molar-refractivity contribution in [3.63, 3.8) is 0 Å². The maximum atomic E-state index is 12.7. The number of aromatic nitrogens is 7. The quantitative estimate of drug-likeness (QED) is 0.405. The van der Waals surface area contributed by atoms with Crippen molar-refractivity contribution in [1.82, 2.24) is 39.6 Å². The molecule has 2 atom stereocenters. The number of likely N-dealkylation sites (N-methyl/N-ethyl adjacent to an activating group) is 1. The van der Waals surface area contributed by atoms with Gasteiger partial charge in [0, 0.05) is 32.1 Å². The van der Waals surface area contributed by atoms with Crippen molar-refractivity contribution in [2.75, 3.05) is 18.9 Å². The SMILES string of the molecule is Cc1ccn2cnnc2c1Nc1nccc(-c2cccc(-c3cc([C@]45CC4CN(C)C5=O)on3)n2)n1. The molecule has 6 heterocycles. The second kappa shape index (κ2) is 7.41. The van der Waals surface area contributed by atoms with E-state index in [2.05, 4.69) is 30.6 Å². The van der Waals surface area contributed by atoms with Gasteiger partial charge in [-0.15, -0.1) is 10.2 Å². The van der Waals surface area contributed by atoms with E-state index >= 15 is 0 Å². The third kappa shape index (κ3) is 3.02. The molecule has 1 saturated heterocycles. The van der Waals surface area contributed by atoms with Crippen molar-refractivity contribution in [3.05, 3.63) is 66.4 Å². The summed E-state index contributed by atoms with van der Waals surface area (Å²) in [5.41, 5.74) is 4.48. The first-order valence-electron chi connectivity index (χ1n) is 11.6. The summed E-state index contributed by atoms with van der Waals surface area (Å²) in [6, 6.07) is 11.3. The van der Waals surface area contributed by atoms with E-state index in [4.69, 9.17) is 9.51 Å². The molecule has 0 aromatic carbocycles. The van der Waals surface area contributed by atoms with Gasteiger partial charge in [-0.25, -0.2) is 15.0 Å². The van der Waals surface area contributed by atoms with Crippen LogP contribution in [0, 0.1) is 12.8 Å². The van der Waals surface area contributed by atoms with E-state index in [0.717, 1.165) is 24.2 Å². The first-order chi connectivity index (χ1) is 17.5. The Bertz CT molecular complexity index is 1660. The van der Waals surface area contributed by atoms with Crippen molar-refractivity contribution in [3.8, 4) is 22.8 Å². The molecule has 1 N–H and O–H groups in total. The van der Waals surface area contributed by atoms with Crippen LogP contribution in [0.2, 0.25) is 0 Å². The number of aryl methyl sites for hydroxylation is 1. The van der Waals surface area contributed by atoms with E-state index < -0.39 is 5.41 Å². The predicted octanol–water partition coefficient (Wildman–Crippen LogP) is 3.02. The summed E-state index contributed by atoms with van der Waals surface area (Å²) in [6.07, 6.45) is 6.05. The van der Waals surface area contributed by atoms with Gasteiger partial charge in [0.1, 0.15) is 17.4 Å². The molecule has 1 unspecified atom stereocenters. The second-order valence-electron chi connectivity index (χ2n) is 9.37. The van der Waals surface area contributed by atoms with Gasteiger partial charge in [0.2, 0.25) is 11.9 Å². The molecular weight excluding hydrogens is 458 g/mol. The summed E-state index contributed by atoms with van der Waals surface area (Å²) < 4.78 is 7.48. The van der Waals surface area contributed by atoms with Crippen LogP contribution in [-0.2, 0) is 10.2 Å². The summed E-state index contributed by atoms with van der Waals surface area (Å²) in [6.45, 7) is 2.75. The molecule has 36 heavy (non-hydrogen) atoms. The second-order valence-corrected chi connectivity index (χ2v) is 9.37. The molecule has 5 aromatic heterocycles. The van der Waals surface area contributed by atoms with E-state index in [1.807, 2.05) is 54.9 Å². The zero-order valence-electron chi connectivity index (χ0n) is 19.6. The fraction of sp³-hybridized carbons (Fsp3) is 0.240. The number of amides is 1. The molecule has 11 nitrogen and oxygen atoms in total. The predicted molar refractivity (Wildman–Crippen MR) is 129 cm³/mol. The van der Waals surface area contributed by atoms with E-state index in [1.165, 1.54) is 0 Å². The maximum absolute atomic E-state index is 12.7. The minimum Gasteiger partial charge on any atom is -0.360 e. The van der Waals surface area contributed by atoms with Crippen LogP contribution >= 0.6 is 0 Å². The third-order valence-electron chi connectivity index (χ3n) is 7.12. The van der Waals surface area contributed by atoms with Crippen LogP contribution in [0.4, 0.5) is 11.6 Å². The van der Waals surface area contributed by atoms with Gasteiger partial charge in [-0.05, 0) is 49.1 Å². The summed E-state index contributed by atoms with van der Waals surface area (Å²) in [5.74, 6) is 1.45.